The SMILES string of the molecule is CCN(Cc1ccc2c(c1)OCCO2)C(=O)c1ccc(S(=O)(=O)N2CCCC2)cc1. The van der Waals surface area contributed by atoms with Gasteiger partial charge in [0.2, 0.25) is 10.0 Å². The lowest BCUT2D eigenvalue weighted by molar-refractivity contribution is 0.0752. The number of sulfonamides is 1. The topological polar surface area (TPSA) is 76.1 Å². The Morgan fingerprint density at radius 2 is 1.67 bits per heavy atom. The van der Waals surface area contributed by atoms with Crippen LogP contribution in [0.4, 0.5) is 0 Å². The second kappa shape index (κ2) is 8.65. The maximum atomic E-state index is 13.0. The van der Waals surface area contributed by atoms with Crippen LogP contribution in [-0.4, -0.2) is 56.4 Å². The molecule has 0 radical (unpaired) electrons. The molecule has 1 amide bonds. The van der Waals surface area contributed by atoms with Crippen molar-refractivity contribution in [1.29, 1.82) is 0 Å². The predicted octanol–water partition coefficient (Wildman–Crippen LogP) is 2.90. The van der Waals surface area contributed by atoms with E-state index in [1.165, 1.54) is 16.4 Å². The van der Waals surface area contributed by atoms with E-state index in [1.807, 2.05) is 25.1 Å². The largest absolute Gasteiger partial charge is 0.486 e. The van der Waals surface area contributed by atoms with Gasteiger partial charge in [0.25, 0.3) is 5.91 Å². The van der Waals surface area contributed by atoms with Gasteiger partial charge in [-0.1, -0.05) is 6.07 Å². The van der Waals surface area contributed by atoms with Gasteiger partial charge in [-0.25, -0.2) is 8.42 Å². The summed E-state index contributed by atoms with van der Waals surface area (Å²) in [6, 6.07) is 11.9. The Kier molecular flexibility index (Phi) is 5.97. The van der Waals surface area contributed by atoms with Gasteiger partial charge < -0.3 is 14.4 Å². The first-order valence-corrected chi connectivity index (χ1v) is 11.7. The van der Waals surface area contributed by atoms with Crippen LogP contribution in [0, 0.1) is 0 Å². The van der Waals surface area contributed by atoms with Gasteiger partial charge in [0, 0.05) is 31.7 Å². The molecule has 0 aromatic heterocycles. The molecule has 2 aliphatic heterocycles. The highest BCUT2D eigenvalue weighted by Crippen LogP contribution is 2.31. The van der Waals surface area contributed by atoms with E-state index in [4.69, 9.17) is 9.47 Å². The molecule has 0 bridgehead atoms. The molecule has 30 heavy (non-hydrogen) atoms. The number of amides is 1. The minimum atomic E-state index is -3.48. The first kappa shape index (κ1) is 20.7. The van der Waals surface area contributed by atoms with Crippen LogP contribution < -0.4 is 9.47 Å². The molecule has 160 valence electrons. The summed E-state index contributed by atoms with van der Waals surface area (Å²) in [7, 11) is -3.48. The number of hydrogen-bond acceptors (Lipinski definition) is 5. The van der Waals surface area contributed by atoms with E-state index < -0.39 is 10.0 Å². The number of rotatable bonds is 6. The molecule has 0 N–H and O–H groups in total. The fourth-order valence-corrected chi connectivity index (χ4v) is 5.28. The third kappa shape index (κ3) is 4.15. The fraction of sp³-hybridized carbons (Fsp3) is 0.409. The molecule has 0 saturated carbocycles. The van der Waals surface area contributed by atoms with Gasteiger partial charge in [-0.3, -0.25) is 4.79 Å². The second-order valence-corrected chi connectivity index (χ2v) is 9.37. The standard InChI is InChI=1S/C22H26N2O5S/c1-2-23(16-17-5-10-20-21(15-17)29-14-13-28-20)22(25)18-6-8-19(9-7-18)30(26,27)24-11-3-4-12-24/h5-10,15H,2-4,11-14,16H2,1H3. The second-order valence-electron chi connectivity index (χ2n) is 7.43. The first-order chi connectivity index (χ1) is 14.5. The smallest absolute Gasteiger partial charge is 0.254 e. The van der Waals surface area contributed by atoms with Crippen molar-refractivity contribution in [1.82, 2.24) is 9.21 Å². The summed E-state index contributed by atoms with van der Waals surface area (Å²) in [4.78, 5) is 14.9. The Morgan fingerprint density at radius 1 is 1.00 bits per heavy atom. The van der Waals surface area contributed by atoms with Crippen molar-refractivity contribution in [2.24, 2.45) is 0 Å². The van der Waals surface area contributed by atoms with E-state index in [2.05, 4.69) is 0 Å². The molecular weight excluding hydrogens is 404 g/mol. The molecule has 2 aromatic rings. The molecule has 2 aromatic carbocycles. The van der Waals surface area contributed by atoms with E-state index in [0.717, 1.165) is 18.4 Å². The van der Waals surface area contributed by atoms with Crippen LogP contribution in [0.1, 0.15) is 35.7 Å². The van der Waals surface area contributed by atoms with Crippen LogP contribution >= 0.6 is 0 Å². The summed E-state index contributed by atoms with van der Waals surface area (Å²) in [6.07, 6.45) is 1.78. The van der Waals surface area contributed by atoms with Crippen molar-refractivity contribution < 1.29 is 22.7 Å². The molecule has 2 aliphatic rings. The maximum Gasteiger partial charge on any atom is 0.254 e. The van der Waals surface area contributed by atoms with E-state index in [-0.39, 0.29) is 10.8 Å². The number of fused-ring (bicyclic) bond motifs is 1. The lowest BCUT2D eigenvalue weighted by Crippen LogP contribution is -2.30. The molecule has 0 aliphatic carbocycles. The molecule has 1 fully saturated rings. The van der Waals surface area contributed by atoms with Crippen LogP contribution in [-0.2, 0) is 16.6 Å². The summed E-state index contributed by atoms with van der Waals surface area (Å²) in [5.74, 6) is 1.27. The molecule has 1 saturated heterocycles. The minimum absolute atomic E-state index is 0.141. The fourth-order valence-electron chi connectivity index (χ4n) is 3.76. The highest BCUT2D eigenvalue weighted by atomic mass is 32.2. The monoisotopic (exact) mass is 430 g/mol. The van der Waals surface area contributed by atoms with Crippen LogP contribution in [0.25, 0.3) is 0 Å². The Hall–Kier alpha value is -2.58. The molecule has 0 spiro atoms. The molecule has 8 heteroatoms. The van der Waals surface area contributed by atoms with E-state index >= 15 is 0 Å². The molecule has 0 unspecified atom stereocenters. The average Bonchev–Trinajstić information content (AvgIpc) is 3.33. The summed E-state index contributed by atoms with van der Waals surface area (Å²) in [6.45, 7) is 5.04. The van der Waals surface area contributed by atoms with Gasteiger partial charge in [-0.2, -0.15) is 4.31 Å². The first-order valence-electron chi connectivity index (χ1n) is 10.3. The van der Waals surface area contributed by atoms with E-state index in [9.17, 15) is 13.2 Å². The Morgan fingerprint density at radius 3 is 2.33 bits per heavy atom. The van der Waals surface area contributed by atoms with Gasteiger partial charge in [0.05, 0.1) is 4.90 Å². The molecular formula is C22H26N2O5S. The third-order valence-corrected chi connectivity index (χ3v) is 7.37. The number of carbonyl (C=O) groups is 1. The predicted molar refractivity (Wildman–Crippen MR) is 112 cm³/mol. The van der Waals surface area contributed by atoms with Gasteiger partial charge in [-0.05, 0) is 61.7 Å². The van der Waals surface area contributed by atoms with Gasteiger partial charge >= 0.3 is 0 Å². The number of hydrogen-bond donors (Lipinski definition) is 0. The Bertz CT molecular complexity index is 1010. The van der Waals surface area contributed by atoms with E-state index in [1.54, 1.807) is 17.0 Å². The van der Waals surface area contributed by atoms with Gasteiger partial charge in [0.15, 0.2) is 11.5 Å². The van der Waals surface area contributed by atoms with Gasteiger partial charge in [-0.15, -0.1) is 0 Å². The Balaban J connectivity index is 1.48. The molecule has 0 atom stereocenters. The van der Waals surface area contributed by atoms with Crippen LogP contribution in [0.3, 0.4) is 0 Å². The van der Waals surface area contributed by atoms with Crippen molar-refractivity contribution >= 4 is 15.9 Å². The highest BCUT2D eigenvalue weighted by Gasteiger charge is 2.27. The summed E-state index contributed by atoms with van der Waals surface area (Å²) < 4.78 is 38.0. The van der Waals surface area contributed by atoms with Crippen LogP contribution in [0.15, 0.2) is 47.4 Å². The van der Waals surface area contributed by atoms with Crippen molar-refractivity contribution in [2.75, 3.05) is 32.8 Å². The van der Waals surface area contributed by atoms with Gasteiger partial charge in [0.1, 0.15) is 13.2 Å². The number of benzene rings is 2. The molecule has 7 nitrogen and oxygen atoms in total. The Labute approximate surface area is 177 Å². The summed E-state index contributed by atoms with van der Waals surface area (Å²) in [5.41, 5.74) is 1.41. The van der Waals surface area contributed by atoms with Crippen LogP contribution in [0.2, 0.25) is 0 Å². The van der Waals surface area contributed by atoms with Crippen molar-refractivity contribution in [3.8, 4) is 11.5 Å². The molecule has 2 heterocycles. The third-order valence-electron chi connectivity index (χ3n) is 5.45. The highest BCUT2D eigenvalue weighted by molar-refractivity contribution is 7.89. The normalized spacial score (nSPS) is 16.4. The minimum Gasteiger partial charge on any atom is -0.486 e. The number of nitrogens with zero attached hydrogens (tertiary/aromatic N) is 2. The lowest BCUT2D eigenvalue weighted by Gasteiger charge is -2.23. The zero-order valence-electron chi connectivity index (χ0n) is 17.0. The maximum absolute atomic E-state index is 13.0. The summed E-state index contributed by atoms with van der Waals surface area (Å²) >= 11 is 0. The van der Waals surface area contributed by atoms with E-state index in [0.29, 0.717) is 56.5 Å². The zero-order chi connectivity index (χ0) is 21.1. The van der Waals surface area contributed by atoms with Crippen molar-refractivity contribution in [2.45, 2.75) is 31.2 Å². The number of ether oxygens (including phenoxy) is 2. The number of carbonyl (C=O) groups excluding carboxylic acids is 1. The zero-order valence-corrected chi connectivity index (χ0v) is 17.9. The van der Waals surface area contributed by atoms with Crippen molar-refractivity contribution in [3.63, 3.8) is 0 Å². The quantitative estimate of drug-likeness (QED) is 0.704. The summed E-state index contributed by atoms with van der Waals surface area (Å²) in [5, 5.41) is 0. The lowest BCUT2D eigenvalue weighted by atomic mass is 10.1. The average molecular weight is 431 g/mol. The molecule has 4 rings (SSSR count). The van der Waals surface area contributed by atoms with Crippen LogP contribution in [0.5, 0.6) is 11.5 Å². The van der Waals surface area contributed by atoms with Crippen molar-refractivity contribution in [3.05, 3.63) is 53.6 Å².